The number of hydrogen-bond donors (Lipinski definition) is 0. The molecule has 10 heteroatoms. The van der Waals surface area contributed by atoms with Gasteiger partial charge < -0.3 is 14.0 Å². The van der Waals surface area contributed by atoms with Gasteiger partial charge in [-0.3, -0.25) is 9.59 Å². The van der Waals surface area contributed by atoms with E-state index in [1.54, 1.807) is 9.25 Å². The Bertz CT molecular complexity index is 1330. The highest BCUT2D eigenvalue weighted by molar-refractivity contribution is 9.10. The molecule has 0 N–H and O–H groups in total. The van der Waals surface area contributed by atoms with Crippen molar-refractivity contribution in [3.05, 3.63) is 64.5 Å². The quantitative estimate of drug-likeness (QED) is 0.354. The minimum Gasteiger partial charge on any atom is -0.426 e. The fourth-order valence-electron chi connectivity index (χ4n) is 3.81. The van der Waals surface area contributed by atoms with Crippen molar-refractivity contribution in [3.63, 3.8) is 0 Å². The molecule has 8 nitrogen and oxygen atoms in total. The van der Waals surface area contributed by atoms with Crippen LogP contribution in [0.5, 0.6) is 11.6 Å². The normalized spacial score (nSPS) is 11.7. The molecule has 31 heavy (non-hydrogen) atoms. The van der Waals surface area contributed by atoms with E-state index < -0.39 is 5.82 Å². The number of ether oxygens (including phenoxy) is 2. The van der Waals surface area contributed by atoms with Crippen molar-refractivity contribution >= 4 is 28.9 Å². The number of fused-ring (bicyclic) bond motifs is 5. The van der Waals surface area contributed by atoms with Crippen LogP contribution in [-0.4, -0.2) is 32.5 Å². The van der Waals surface area contributed by atoms with Crippen molar-refractivity contribution in [2.75, 3.05) is 0 Å². The molecule has 154 valence electrons. The number of benzene rings is 2. The number of nitrogens with zero attached hydrogens (tertiary/aromatic N) is 4. The lowest BCUT2D eigenvalue weighted by Gasteiger charge is -2.11. The number of hydrogen-bond acceptors (Lipinski definition) is 6. The molecule has 1 aliphatic heterocycles. The van der Waals surface area contributed by atoms with Crippen LogP contribution in [0.25, 0.3) is 28.2 Å². The van der Waals surface area contributed by atoms with Crippen molar-refractivity contribution in [1.82, 2.24) is 19.6 Å². The molecule has 0 aliphatic carbocycles. The highest BCUT2D eigenvalue weighted by atomic mass is 79.9. The molecule has 1 aliphatic rings. The molecule has 0 radical (unpaired) electrons. The molecule has 4 aromatic rings. The van der Waals surface area contributed by atoms with Crippen LogP contribution in [0.3, 0.4) is 0 Å². The summed E-state index contributed by atoms with van der Waals surface area (Å²) in [7, 11) is 0. The highest BCUT2D eigenvalue weighted by Gasteiger charge is 2.33. The fourth-order valence-corrected chi connectivity index (χ4v) is 4.22. The number of carbonyl (C=O) groups excluding carboxylic acids is 2. The fraction of sp³-hybridized carbons (Fsp3) is 0.0476. The highest BCUT2D eigenvalue weighted by Crippen LogP contribution is 2.50. The average Bonchev–Trinajstić information content (AvgIpc) is 3.30. The summed E-state index contributed by atoms with van der Waals surface area (Å²) < 4.78 is 28.5. The molecule has 0 saturated carbocycles. The van der Waals surface area contributed by atoms with Gasteiger partial charge >= 0.3 is 0 Å². The summed E-state index contributed by atoms with van der Waals surface area (Å²) in [5.41, 5.74) is 3.44. The smallest absolute Gasteiger partial charge is 0.299 e. The van der Waals surface area contributed by atoms with Crippen LogP contribution in [0.1, 0.15) is 5.56 Å². The Hall–Kier alpha value is -3.79. The van der Waals surface area contributed by atoms with Crippen LogP contribution in [0, 0.1) is 5.82 Å². The Morgan fingerprint density at radius 2 is 1.84 bits per heavy atom. The van der Waals surface area contributed by atoms with E-state index in [9.17, 15) is 14.0 Å². The lowest BCUT2D eigenvalue weighted by atomic mass is 10.1. The SMILES string of the molecule is O=COc1c(-c2ccc(F)cc2)c(OC=O)n2c1-c1cnnn1-c1ccc(Br)cc1C2. The maximum absolute atomic E-state index is 13.5. The average molecular weight is 483 g/mol. The van der Waals surface area contributed by atoms with Gasteiger partial charge in [0.1, 0.15) is 17.2 Å². The Balaban J connectivity index is 1.88. The Morgan fingerprint density at radius 1 is 1.06 bits per heavy atom. The first-order chi connectivity index (χ1) is 15.1. The lowest BCUT2D eigenvalue weighted by molar-refractivity contribution is -0.121. The molecule has 0 unspecified atom stereocenters. The van der Waals surface area contributed by atoms with Crippen molar-refractivity contribution in [3.8, 4) is 39.8 Å². The predicted octanol–water partition coefficient (Wildman–Crippen LogP) is 3.74. The van der Waals surface area contributed by atoms with Gasteiger partial charge in [-0.15, -0.1) is 5.10 Å². The van der Waals surface area contributed by atoms with E-state index in [0.29, 0.717) is 29.0 Å². The van der Waals surface area contributed by atoms with Gasteiger partial charge in [0.25, 0.3) is 12.9 Å². The standard InChI is InChI=1S/C21H12BrFN4O4/c22-14-3-6-16-13(7-14)9-26-19(17-8-24-25-27(16)17)20(30-10-28)18(21(26)31-11-29)12-1-4-15(23)5-2-12/h1-8,10-11H,9H2. The zero-order valence-corrected chi connectivity index (χ0v) is 17.2. The molecule has 0 spiro atoms. The van der Waals surface area contributed by atoms with Crippen LogP contribution < -0.4 is 9.47 Å². The second-order valence-electron chi connectivity index (χ2n) is 6.68. The van der Waals surface area contributed by atoms with Crippen molar-refractivity contribution in [2.45, 2.75) is 6.54 Å². The van der Waals surface area contributed by atoms with Crippen LogP contribution in [0.4, 0.5) is 4.39 Å². The molecule has 0 fully saturated rings. The van der Waals surface area contributed by atoms with Crippen LogP contribution in [0.15, 0.2) is 53.1 Å². The molecule has 0 atom stereocenters. The second-order valence-corrected chi connectivity index (χ2v) is 7.60. The summed E-state index contributed by atoms with van der Waals surface area (Å²) in [5.74, 6) is -0.135. The molecule has 3 heterocycles. The number of halogens is 2. The third-order valence-corrected chi connectivity index (χ3v) is 5.51. The third-order valence-electron chi connectivity index (χ3n) is 5.02. The van der Waals surface area contributed by atoms with Gasteiger partial charge in [-0.05, 0) is 41.5 Å². The molecular formula is C21H12BrFN4O4. The van der Waals surface area contributed by atoms with E-state index in [1.807, 2.05) is 18.2 Å². The van der Waals surface area contributed by atoms with Gasteiger partial charge in [-0.25, -0.2) is 9.07 Å². The first-order valence-electron chi connectivity index (χ1n) is 9.05. The van der Waals surface area contributed by atoms with E-state index in [0.717, 1.165) is 15.7 Å². The minimum atomic E-state index is -0.429. The number of carbonyl (C=O) groups is 2. The summed E-state index contributed by atoms with van der Waals surface area (Å²) in [6.07, 6.45) is 1.53. The summed E-state index contributed by atoms with van der Waals surface area (Å²) in [4.78, 5) is 22.8. The Morgan fingerprint density at radius 3 is 2.58 bits per heavy atom. The van der Waals surface area contributed by atoms with Crippen molar-refractivity contribution in [1.29, 1.82) is 0 Å². The zero-order valence-electron chi connectivity index (χ0n) is 15.7. The predicted molar refractivity (Wildman–Crippen MR) is 110 cm³/mol. The summed E-state index contributed by atoms with van der Waals surface area (Å²) in [5, 5.41) is 8.21. The largest absolute Gasteiger partial charge is 0.426 e. The van der Waals surface area contributed by atoms with Gasteiger partial charge in [0.15, 0.2) is 5.75 Å². The molecule has 5 rings (SSSR count). The first-order valence-corrected chi connectivity index (χ1v) is 9.84. The van der Waals surface area contributed by atoms with Gasteiger partial charge in [0, 0.05) is 4.47 Å². The van der Waals surface area contributed by atoms with Crippen LogP contribution in [0.2, 0.25) is 0 Å². The Labute approximate surface area is 182 Å². The maximum Gasteiger partial charge on any atom is 0.299 e. The minimum absolute atomic E-state index is 0.147. The monoisotopic (exact) mass is 482 g/mol. The number of rotatable bonds is 5. The van der Waals surface area contributed by atoms with Gasteiger partial charge in [0.2, 0.25) is 5.88 Å². The topological polar surface area (TPSA) is 88.2 Å². The van der Waals surface area contributed by atoms with Crippen molar-refractivity contribution < 1.29 is 23.5 Å². The van der Waals surface area contributed by atoms with Crippen LogP contribution in [-0.2, 0) is 16.1 Å². The van der Waals surface area contributed by atoms with Gasteiger partial charge in [-0.2, -0.15) is 0 Å². The summed E-state index contributed by atoms with van der Waals surface area (Å²) in [6.45, 7) is 0.867. The summed E-state index contributed by atoms with van der Waals surface area (Å²) >= 11 is 3.48. The maximum atomic E-state index is 13.5. The van der Waals surface area contributed by atoms with E-state index in [2.05, 4.69) is 26.2 Å². The van der Waals surface area contributed by atoms with E-state index >= 15 is 0 Å². The lowest BCUT2D eigenvalue weighted by Crippen LogP contribution is -2.05. The second kappa shape index (κ2) is 7.47. The molecule has 0 amide bonds. The van der Waals surface area contributed by atoms with E-state index in [-0.39, 0.29) is 24.6 Å². The van der Waals surface area contributed by atoms with E-state index in [1.165, 1.54) is 30.5 Å². The van der Waals surface area contributed by atoms with Crippen molar-refractivity contribution in [2.24, 2.45) is 0 Å². The molecule has 2 aromatic carbocycles. The third kappa shape index (κ3) is 3.03. The molecule has 0 saturated heterocycles. The molecular weight excluding hydrogens is 471 g/mol. The van der Waals surface area contributed by atoms with Gasteiger partial charge in [-0.1, -0.05) is 33.3 Å². The zero-order chi connectivity index (χ0) is 21.5. The Kier molecular flexibility index (Phi) is 4.63. The molecule has 2 aromatic heterocycles. The molecule has 0 bridgehead atoms. The van der Waals surface area contributed by atoms with E-state index in [4.69, 9.17) is 9.47 Å². The van der Waals surface area contributed by atoms with Crippen LogP contribution >= 0.6 is 15.9 Å². The first kappa shape index (κ1) is 19.2. The van der Waals surface area contributed by atoms with Gasteiger partial charge in [0.05, 0.1) is 24.0 Å². The number of aromatic nitrogens is 4. The summed E-state index contributed by atoms with van der Waals surface area (Å²) in [6, 6.07) is 11.2.